The molecule has 10 atom stereocenters. The quantitative estimate of drug-likeness (QED) is 0.186. The Hall–Kier alpha value is -3.52. The standard InChI is InChI=1S/C36H49N3O10/c1-19(2)16-27(31(42)39-28(32(43)44)17-22-18-37-26-9-7-6-8-23(22)26)38-29(40)12-13-30(41)45-33-21(4)25-11-10-20(3)24-14-15-35(5)47-34(46-33)36(24,25)49-48-35/h6-9,18-21,24-25,27-28,33-34,37H,10-17H2,1-5H3,(H,38,40)(H,39,42)(H,43,44)/t20-,21?,24+,25?,27?,28?,33?,34+,35?,36?/m1/s1. The fourth-order valence-electron chi connectivity index (χ4n) is 8.37. The summed E-state index contributed by atoms with van der Waals surface area (Å²) in [7, 11) is 0. The number of carbonyl (C=O) groups excluding carboxylic acids is 3. The Morgan fingerprint density at radius 1 is 1.02 bits per heavy atom. The van der Waals surface area contributed by atoms with Crippen LogP contribution in [0.2, 0.25) is 0 Å². The van der Waals surface area contributed by atoms with Crippen LogP contribution in [0, 0.1) is 29.6 Å². The van der Waals surface area contributed by atoms with E-state index >= 15 is 0 Å². The number of hydrogen-bond acceptors (Lipinski definition) is 9. The minimum atomic E-state index is -1.21. The summed E-state index contributed by atoms with van der Waals surface area (Å²) in [6.45, 7) is 9.83. The molecule has 13 nitrogen and oxygen atoms in total. The molecule has 4 aliphatic heterocycles. The van der Waals surface area contributed by atoms with E-state index in [1.165, 1.54) is 0 Å². The Morgan fingerprint density at radius 3 is 2.55 bits per heavy atom. The van der Waals surface area contributed by atoms with Crippen molar-refractivity contribution in [1.82, 2.24) is 15.6 Å². The van der Waals surface area contributed by atoms with Crippen LogP contribution in [-0.4, -0.2) is 69.9 Å². The molecule has 0 radical (unpaired) electrons. The molecule has 5 aliphatic rings. The zero-order chi connectivity index (χ0) is 35.1. The third-order valence-electron chi connectivity index (χ3n) is 11.0. The van der Waals surface area contributed by atoms with Gasteiger partial charge in [0, 0.05) is 48.2 Å². The fraction of sp³-hybridized carbons (Fsp3) is 0.667. The molecule has 1 aromatic carbocycles. The molecule has 1 spiro atoms. The van der Waals surface area contributed by atoms with Crippen LogP contribution >= 0.6 is 0 Å². The highest BCUT2D eigenvalue weighted by atomic mass is 17.3. The largest absolute Gasteiger partial charge is 0.480 e. The number of H-pyrrole nitrogens is 1. The number of esters is 1. The molecule has 2 bridgehead atoms. The molecule has 1 aliphatic carbocycles. The summed E-state index contributed by atoms with van der Waals surface area (Å²) in [6.07, 6.45) is 3.39. The van der Waals surface area contributed by atoms with Gasteiger partial charge in [0.05, 0.1) is 6.42 Å². The molecule has 4 N–H and O–H groups in total. The number of ether oxygens (including phenoxy) is 3. The number of rotatable bonds is 12. The summed E-state index contributed by atoms with van der Waals surface area (Å²) < 4.78 is 18.5. The molecule has 4 saturated heterocycles. The highest BCUT2D eigenvalue weighted by Gasteiger charge is 2.69. The number of amides is 2. The van der Waals surface area contributed by atoms with Crippen molar-refractivity contribution in [2.75, 3.05) is 0 Å². The summed E-state index contributed by atoms with van der Waals surface area (Å²) in [5, 5.41) is 16.1. The molecule has 49 heavy (non-hydrogen) atoms. The molecular formula is C36H49N3O10. The molecule has 5 heterocycles. The number of benzene rings is 1. The van der Waals surface area contributed by atoms with E-state index in [2.05, 4.69) is 22.5 Å². The van der Waals surface area contributed by atoms with E-state index in [1.807, 2.05) is 52.0 Å². The molecule has 2 amide bonds. The number of carbonyl (C=O) groups is 4. The van der Waals surface area contributed by atoms with Gasteiger partial charge in [-0.1, -0.05) is 45.9 Å². The number of carboxylic acid groups (broad SMARTS) is 1. The van der Waals surface area contributed by atoms with Gasteiger partial charge in [0.2, 0.25) is 23.9 Å². The van der Waals surface area contributed by atoms with Crippen molar-refractivity contribution in [2.24, 2.45) is 29.6 Å². The van der Waals surface area contributed by atoms with Gasteiger partial charge in [-0.25, -0.2) is 14.6 Å². The van der Waals surface area contributed by atoms with Gasteiger partial charge in [0.15, 0.2) is 11.9 Å². The van der Waals surface area contributed by atoms with E-state index in [9.17, 15) is 24.3 Å². The van der Waals surface area contributed by atoms with Gasteiger partial charge in [0.1, 0.15) is 12.1 Å². The number of aromatic amines is 1. The highest BCUT2D eigenvalue weighted by Crippen LogP contribution is 2.60. The van der Waals surface area contributed by atoms with Crippen molar-refractivity contribution >= 4 is 34.7 Å². The summed E-state index contributed by atoms with van der Waals surface area (Å²) in [5.41, 5.74) is 0.838. The van der Waals surface area contributed by atoms with Crippen LogP contribution < -0.4 is 10.6 Å². The van der Waals surface area contributed by atoms with Crippen molar-refractivity contribution in [2.45, 2.75) is 122 Å². The first-order valence-electron chi connectivity index (χ1n) is 17.6. The number of carboxylic acids is 1. The van der Waals surface area contributed by atoms with E-state index in [-0.39, 0.29) is 49.4 Å². The summed E-state index contributed by atoms with van der Waals surface area (Å²) in [4.78, 5) is 66.7. The minimum Gasteiger partial charge on any atom is -0.480 e. The molecule has 1 saturated carbocycles. The maximum Gasteiger partial charge on any atom is 0.326 e. The van der Waals surface area contributed by atoms with E-state index in [0.717, 1.165) is 35.7 Å². The third kappa shape index (κ3) is 7.08. The smallest absolute Gasteiger partial charge is 0.326 e. The molecule has 5 fully saturated rings. The summed E-state index contributed by atoms with van der Waals surface area (Å²) >= 11 is 0. The molecule has 1 aromatic heterocycles. The predicted octanol–water partition coefficient (Wildman–Crippen LogP) is 4.34. The Labute approximate surface area is 286 Å². The Kier molecular flexibility index (Phi) is 10.1. The van der Waals surface area contributed by atoms with Crippen molar-refractivity contribution in [1.29, 1.82) is 0 Å². The lowest BCUT2D eigenvalue weighted by Crippen LogP contribution is -2.70. The number of para-hydroxylation sites is 1. The van der Waals surface area contributed by atoms with Crippen LogP contribution in [0.25, 0.3) is 10.9 Å². The average molecular weight is 684 g/mol. The first-order chi connectivity index (χ1) is 23.3. The Bertz CT molecular complexity index is 1560. The molecule has 2 aromatic rings. The second-order valence-corrected chi connectivity index (χ2v) is 15.0. The molecule has 13 heteroatoms. The van der Waals surface area contributed by atoms with Gasteiger partial charge in [-0.2, -0.15) is 0 Å². The maximum atomic E-state index is 13.3. The van der Waals surface area contributed by atoms with Crippen molar-refractivity contribution in [3.8, 4) is 0 Å². The lowest BCUT2D eigenvalue weighted by molar-refractivity contribution is -0.576. The van der Waals surface area contributed by atoms with Crippen LogP contribution in [0.3, 0.4) is 0 Å². The summed E-state index contributed by atoms with van der Waals surface area (Å²) in [5.74, 6) is -3.50. The number of fused-ring (bicyclic) bond motifs is 3. The zero-order valence-electron chi connectivity index (χ0n) is 28.9. The van der Waals surface area contributed by atoms with Crippen LogP contribution in [0.5, 0.6) is 0 Å². The van der Waals surface area contributed by atoms with E-state index in [0.29, 0.717) is 12.3 Å². The lowest BCUT2D eigenvalue weighted by Gasteiger charge is -2.59. The normalized spacial score (nSPS) is 33.3. The van der Waals surface area contributed by atoms with Crippen molar-refractivity contribution < 1.29 is 48.3 Å². The first-order valence-corrected chi connectivity index (χ1v) is 17.6. The fourth-order valence-corrected chi connectivity index (χ4v) is 8.37. The highest BCUT2D eigenvalue weighted by molar-refractivity contribution is 5.91. The molecule has 7 unspecified atom stereocenters. The monoisotopic (exact) mass is 683 g/mol. The molecular weight excluding hydrogens is 634 g/mol. The number of hydrogen-bond donors (Lipinski definition) is 4. The van der Waals surface area contributed by atoms with Crippen molar-refractivity contribution in [3.05, 3.63) is 36.0 Å². The molecule has 268 valence electrons. The van der Waals surface area contributed by atoms with Crippen LogP contribution in [0.15, 0.2) is 30.5 Å². The van der Waals surface area contributed by atoms with E-state index < -0.39 is 59.8 Å². The summed E-state index contributed by atoms with van der Waals surface area (Å²) in [6, 6.07) is 5.32. The Morgan fingerprint density at radius 2 is 1.80 bits per heavy atom. The average Bonchev–Trinajstić information content (AvgIpc) is 3.32. The van der Waals surface area contributed by atoms with Gasteiger partial charge in [-0.15, -0.1) is 0 Å². The molecule has 7 rings (SSSR count). The second-order valence-electron chi connectivity index (χ2n) is 15.0. The zero-order valence-corrected chi connectivity index (χ0v) is 28.9. The van der Waals surface area contributed by atoms with Gasteiger partial charge in [-0.3, -0.25) is 14.4 Å². The van der Waals surface area contributed by atoms with Gasteiger partial charge in [-0.05, 0) is 62.0 Å². The number of nitrogens with one attached hydrogen (secondary N) is 3. The van der Waals surface area contributed by atoms with Crippen LogP contribution in [0.1, 0.15) is 85.1 Å². The third-order valence-corrected chi connectivity index (χ3v) is 11.0. The van der Waals surface area contributed by atoms with E-state index in [1.54, 1.807) is 6.20 Å². The van der Waals surface area contributed by atoms with Crippen LogP contribution in [0.4, 0.5) is 0 Å². The SMILES string of the molecule is CC(C)CC(NC(=O)CCC(=O)OC1O[C@H]2OC3(C)CC[C@H]4[C@H](C)CCC(C1C)C24OO3)C(=O)NC(Cc1c[nH]c2ccccc12)C(=O)O. The Balaban J connectivity index is 1.05. The minimum absolute atomic E-state index is 0.0166. The topological polar surface area (TPSA) is 175 Å². The maximum absolute atomic E-state index is 13.3. The van der Waals surface area contributed by atoms with Crippen LogP contribution in [-0.2, 0) is 49.6 Å². The first kappa shape index (κ1) is 35.3. The van der Waals surface area contributed by atoms with Gasteiger partial charge in [0.25, 0.3) is 0 Å². The number of aliphatic carboxylic acids is 1. The number of aromatic nitrogens is 1. The van der Waals surface area contributed by atoms with Gasteiger partial charge >= 0.3 is 11.9 Å². The second kappa shape index (κ2) is 14.0. The lowest BCUT2D eigenvalue weighted by atomic mass is 9.58. The predicted molar refractivity (Wildman–Crippen MR) is 175 cm³/mol. The van der Waals surface area contributed by atoms with Gasteiger partial charge < -0.3 is 34.9 Å². The van der Waals surface area contributed by atoms with E-state index in [4.69, 9.17) is 24.0 Å². The van der Waals surface area contributed by atoms with Crippen molar-refractivity contribution in [3.63, 3.8) is 0 Å².